The van der Waals surface area contributed by atoms with Crippen LogP contribution in [0.3, 0.4) is 0 Å². The Labute approximate surface area is 111 Å². The molecule has 0 bridgehead atoms. The zero-order valence-corrected chi connectivity index (χ0v) is 11.6. The minimum atomic E-state index is -0.129. The summed E-state index contributed by atoms with van der Waals surface area (Å²) in [5, 5.41) is 0. The fourth-order valence-corrected chi connectivity index (χ4v) is 2.88. The van der Waals surface area contributed by atoms with Gasteiger partial charge in [0.1, 0.15) is 5.75 Å². The van der Waals surface area contributed by atoms with Gasteiger partial charge in [-0.25, -0.2) is 0 Å². The predicted octanol–water partition coefficient (Wildman–Crippen LogP) is 3.84. The van der Waals surface area contributed by atoms with Gasteiger partial charge in [0.05, 0.1) is 6.61 Å². The van der Waals surface area contributed by atoms with Gasteiger partial charge in [-0.15, -0.1) is 0 Å². The molecular weight excluding hydrogens is 222 g/mol. The minimum Gasteiger partial charge on any atom is -0.494 e. The summed E-state index contributed by atoms with van der Waals surface area (Å²) in [7, 11) is 0. The number of benzene rings is 1. The van der Waals surface area contributed by atoms with Gasteiger partial charge in [0.25, 0.3) is 0 Å². The van der Waals surface area contributed by atoms with Crippen molar-refractivity contribution in [1.82, 2.24) is 0 Å². The minimum absolute atomic E-state index is 0.129. The Hall–Kier alpha value is -1.02. The predicted molar refractivity (Wildman–Crippen MR) is 75.7 cm³/mol. The van der Waals surface area contributed by atoms with Crippen LogP contribution in [0.1, 0.15) is 51.5 Å². The van der Waals surface area contributed by atoms with E-state index in [0.29, 0.717) is 6.61 Å². The van der Waals surface area contributed by atoms with Crippen LogP contribution in [0, 0.1) is 5.92 Å². The first-order valence-electron chi connectivity index (χ1n) is 7.16. The van der Waals surface area contributed by atoms with Crippen molar-refractivity contribution in [3.8, 4) is 5.75 Å². The lowest BCUT2D eigenvalue weighted by atomic mass is 9.83. The molecule has 2 nitrogen and oxygen atoms in total. The van der Waals surface area contributed by atoms with Crippen LogP contribution in [0.2, 0.25) is 0 Å². The first kappa shape index (κ1) is 13.4. The van der Waals surface area contributed by atoms with E-state index in [1.807, 2.05) is 19.1 Å². The highest BCUT2D eigenvalue weighted by Crippen LogP contribution is 2.36. The fraction of sp³-hybridized carbons (Fsp3) is 0.625. The van der Waals surface area contributed by atoms with Crippen molar-refractivity contribution >= 4 is 0 Å². The van der Waals surface area contributed by atoms with Gasteiger partial charge in [-0.3, -0.25) is 0 Å². The molecular formula is C16H25NO. The van der Waals surface area contributed by atoms with Crippen LogP contribution in [-0.4, -0.2) is 6.61 Å². The van der Waals surface area contributed by atoms with E-state index in [9.17, 15) is 0 Å². The van der Waals surface area contributed by atoms with Crippen molar-refractivity contribution in [3.05, 3.63) is 29.8 Å². The second kappa shape index (κ2) is 5.75. The number of ether oxygens (including phenoxy) is 1. The average molecular weight is 247 g/mol. The Morgan fingerprint density at radius 3 is 2.61 bits per heavy atom. The average Bonchev–Trinajstić information content (AvgIpc) is 2.54. The van der Waals surface area contributed by atoms with Crippen molar-refractivity contribution in [3.63, 3.8) is 0 Å². The maximum absolute atomic E-state index is 6.63. The Morgan fingerprint density at radius 2 is 1.94 bits per heavy atom. The van der Waals surface area contributed by atoms with Crippen LogP contribution in [-0.2, 0) is 5.54 Å². The summed E-state index contributed by atoms with van der Waals surface area (Å²) in [6.07, 6.45) is 6.00. The van der Waals surface area contributed by atoms with E-state index in [0.717, 1.165) is 24.5 Å². The van der Waals surface area contributed by atoms with Gasteiger partial charge >= 0.3 is 0 Å². The molecule has 100 valence electrons. The number of rotatable bonds is 3. The lowest BCUT2D eigenvalue weighted by Gasteiger charge is -2.29. The molecule has 0 aliphatic heterocycles. The molecule has 0 aromatic heterocycles. The van der Waals surface area contributed by atoms with Crippen LogP contribution in [0.15, 0.2) is 24.3 Å². The van der Waals surface area contributed by atoms with Gasteiger partial charge in [0.2, 0.25) is 0 Å². The summed E-state index contributed by atoms with van der Waals surface area (Å²) in [5.41, 5.74) is 7.76. The Morgan fingerprint density at radius 1 is 1.22 bits per heavy atom. The molecule has 0 spiro atoms. The summed E-state index contributed by atoms with van der Waals surface area (Å²) in [6, 6.07) is 8.37. The van der Waals surface area contributed by atoms with E-state index in [4.69, 9.17) is 10.5 Å². The largest absolute Gasteiger partial charge is 0.494 e. The van der Waals surface area contributed by atoms with Gasteiger partial charge in [-0.05, 0) is 49.8 Å². The van der Waals surface area contributed by atoms with E-state index in [1.165, 1.54) is 24.8 Å². The van der Waals surface area contributed by atoms with E-state index >= 15 is 0 Å². The summed E-state index contributed by atoms with van der Waals surface area (Å²) < 4.78 is 5.48. The van der Waals surface area contributed by atoms with Crippen molar-refractivity contribution in [2.24, 2.45) is 11.7 Å². The van der Waals surface area contributed by atoms with Crippen molar-refractivity contribution in [1.29, 1.82) is 0 Å². The molecule has 2 rings (SSSR count). The molecule has 1 aromatic carbocycles. The summed E-state index contributed by atoms with van der Waals surface area (Å²) in [4.78, 5) is 0. The van der Waals surface area contributed by atoms with Gasteiger partial charge in [0.15, 0.2) is 0 Å². The summed E-state index contributed by atoms with van der Waals surface area (Å²) in [6.45, 7) is 5.06. The number of nitrogens with two attached hydrogens (primary N) is 1. The summed E-state index contributed by atoms with van der Waals surface area (Å²) >= 11 is 0. The molecule has 1 aromatic rings. The van der Waals surface area contributed by atoms with Crippen molar-refractivity contribution in [2.75, 3.05) is 6.61 Å². The van der Waals surface area contributed by atoms with Gasteiger partial charge < -0.3 is 10.5 Å². The molecule has 0 amide bonds. The second-order valence-corrected chi connectivity index (χ2v) is 5.65. The van der Waals surface area contributed by atoms with E-state index in [2.05, 4.69) is 19.1 Å². The van der Waals surface area contributed by atoms with Crippen LogP contribution >= 0.6 is 0 Å². The number of hydrogen-bond donors (Lipinski definition) is 1. The Kier molecular flexibility index (Phi) is 4.28. The van der Waals surface area contributed by atoms with Crippen LogP contribution in [0.5, 0.6) is 5.75 Å². The third-order valence-corrected chi connectivity index (χ3v) is 4.14. The standard InChI is InChI=1S/C16H25NO/c1-3-18-15-8-6-14(7-9-15)16(17)11-4-5-13(2)10-12-16/h6-9,13H,3-5,10-12,17H2,1-2H3. The molecule has 2 heteroatoms. The van der Waals surface area contributed by atoms with E-state index < -0.39 is 0 Å². The molecule has 1 saturated carbocycles. The monoisotopic (exact) mass is 247 g/mol. The quantitative estimate of drug-likeness (QED) is 0.824. The van der Waals surface area contributed by atoms with Crippen LogP contribution in [0.4, 0.5) is 0 Å². The topological polar surface area (TPSA) is 35.2 Å². The first-order chi connectivity index (χ1) is 8.64. The summed E-state index contributed by atoms with van der Waals surface area (Å²) in [5.74, 6) is 1.75. The van der Waals surface area contributed by atoms with Crippen molar-refractivity contribution in [2.45, 2.75) is 51.5 Å². The highest BCUT2D eigenvalue weighted by atomic mass is 16.5. The maximum Gasteiger partial charge on any atom is 0.119 e. The van der Waals surface area contributed by atoms with Crippen LogP contribution < -0.4 is 10.5 Å². The molecule has 18 heavy (non-hydrogen) atoms. The third-order valence-electron chi connectivity index (χ3n) is 4.14. The highest BCUT2D eigenvalue weighted by Gasteiger charge is 2.29. The smallest absolute Gasteiger partial charge is 0.119 e. The molecule has 0 saturated heterocycles. The fourth-order valence-electron chi connectivity index (χ4n) is 2.88. The lowest BCUT2D eigenvalue weighted by Crippen LogP contribution is -2.36. The van der Waals surface area contributed by atoms with Crippen LogP contribution in [0.25, 0.3) is 0 Å². The Balaban J connectivity index is 2.13. The van der Waals surface area contributed by atoms with Gasteiger partial charge in [-0.1, -0.05) is 31.9 Å². The molecule has 0 heterocycles. The molecule has 1 aliphatic carbocycles. The highest BCUT2D eigenvalue weighted by molar-refractivity contribution is 5.32. The second-order valence-electron chi connectivity index (χ2n) is 5.65. The normalized spacial score (nSPS) is 28.7. The first-order valence-corrected chi connectivity index (χ1v) is 7.16. The molecule has 2 atom stereocenters. The molecule has 1 fully saturated rings. The van der Waals surface area contributed by atoms with E-state index in [-0.39, 0.29) is 5.54 Å². The third kappa shape index (κ3) is 3.05. The lowest BCUT2D eigenvalue weighted by molar-refractivity contribution is 0.338. The SMILES string of the molecule is CCOc1ccc(C2(N)CCCC(C)CC2)cc1. The van der Waals surface area contributed by atoms with Gasteiger partial charge in [-0.2, -0.15) is 0 Å². The maximum atomic E-state index is 6.63. The van der Waals surface area contributed by atoms with E-state index in [1.54, 1.807) is 0 Å². The zero-order valence-electron chi connectivity index (χ0n) is 11.6. The molecule has 0 radical (unpaired) electrons. The number of hydrogen-bond acceptors (Lipinski definition) is 2. The van der Waals surface area contributed by atoms with Gasteiger partial charge in [0, 0.05) is 5.54 Å². The van der Waals surface area contributed by atoms with Crippen molar-refractivity contribution < 1.29 is 4.74 Å². The molecule has 1 aliphatic rings. The molecule has 2 N–H and O–H groups in total. The zero-order chi connectivity index (χ0) is 13.0. The molecule has 2 unspecified atom stereocenters. The Bertz CT molecular complexity index is 373.